The quantitative estimate of drug-likeness (QED) is 0.503. The first kappa shape index (κ1) is 15.9. The summed E-state index contributed by atoms with van der Waals surface area (Å²) < 4.78 is 0.323. The van der Waals surface area contributed by atoms with Crippen LogP contribution in [0.5, 0.6) is 0 Å². The van der Waals surface area contributed by atoms with Crippen molar-refractivity contribution in [2.24, 2.45) is 0 Å². The molecular weight excluding hydrogens is 340 g/mol. The topological polar surface area (TPSA) is 95.0 Å². The van der Waals surface area contributed by atoms with Gasteiger partial charge in [0.15, 0.2) is 4.77 Å². The van der Waals surface area contributed by atoms with Crippen LogP contribution in [0.4, 0.5) is 5.69 Å². The van der Waals surface area contributed by atoms with Crippen molar-refractivity contribution in [3.63, 3.8) is 0 Å². The number of rotatable bonds is 3. The number of nitrogens with zero attached hydrogens (tertiary/aromatic N) is 2. The molecule has 0 radical (unpaired) electrons. The van der Waals surface area contributed by atoms with Crippen LogP contribution in [-0.2, 0) is 19.5 Å². The first-order chi connectivity index (χ1) is 10.9. The molecule has 0 fully saturated rings. The summed E-state index contributed by atoms with van der Waals surface area (Å²) in [5.74, 6) is 0. The number of hydrogen-bond acceptors (Lipinski definition) is 5. The molecule has 2 aromatic rings. The number of hydrogen-bond donors (Lipinski definition) is 2. The van der Waals surface area contributed by atoms with Gasteiger partial charge in [-0.1, -0.05) is 11.6 Å². The van der Waals surface area contributed by atoms with Crippen molar-refractivity contribution in [3.8, 4) is 0 Å². The maximum absolute atomic E-state index is 12.0. The SMILES string of the molecule is O=c1[nH]c(=S)[nH]c2c1CN(Cc1cc([N+](=O)[O-])ccc1Cl)CC2. The number of fused-ring (bicyclic) bond motifs is 1. The molecular formula is C14H13ClN4O3S. The molecule has 1 aliphatic rings. The van der Waals surface area contributed by atoms with Crippen LogP contribution in [-0.4, -0.2) is 26.3 Å². The number of halogens is 1. The number of benzene rings is 1. The first-order valence-electron chi connectivity index (χ1n) is 6.93. The molecule has 23 heavy (non-hydrogen) atoms. The van der Waals surface area contributed by atoms with E-state index in [4.69, 9.17) is 23.8 Å². The second-order valence-corrected chi connectivity index (χ2v) is 6.17. The lowest BCUT2D eigenvalue weighted by molar-refractivity contribution is -0.384. The number of non-ortho nitro benzene ring substituents is 1. The van der Waals surface area contributed by atoms with Gasteiger partial charge in [-0.25, -0.2) is 0 Å². The van der Waals surface area contributed by atoms with Gasteiger partial charge >= 0.3 is 0 Å². The summed E-state index contributed by atoms with van der Waals surface area (Å²) in [5, 5.41) is 11.4. The Morgan fingerprint density at radius 3 is 2.91 bits per heavy atom. The van der Waals surface area contributed by atoms with Crippen LogP contribution in [0, 0.1) is 14.9 Å². The van der Waals surface area contributed by atoms with E-state index in [0.717, 1.165) is 5.69 Å². The molecule has 120 valence electrons. The molecule has 7 nitrogen and oxygen atoms in total. The first-order valence-corrected chi connectivity index (χ1v) is 7.72. The van der Waals surface area contributed by atoms with E-state index < -0.39 is 4.92 Å². The van der Waals surface area contributed by atoms with Crippen LogP contribution < -0.4 is 5.56 Å². The summed E-state index contributed by atoms with van der Waals surface area (Å²) in [5.41, 5.74) is 1.97. The number of aromatic nitrogens is 2. The largest absolute Gasteiger partial charge is 0.335 e. The molecule has 0 amide bonds. The van der Waals surface area contributed by atoms with Gasteiger partial charge in [0, 0.05) is 48.9 Å². The van der Waals surface area contributed by atoms with Gasteiger partial charge in [0.1, 0.15) is 0 Å². The van der Waals surface area contributed by atoms with Crippen LogP contribution >= 0.6 is 23.8 Å². The van der Waals surface area contributed by atoms with Gasteiger partial charge in [-0.2, -0.15) is 0 Å². The molecule has 9 heteroatoms. The molecule has 2 heterocycles. The fraction of sp³-hybridized carbons (Fsp3) is 0.286. The number of nitro benzene ring substituents is 1. The van der Waals surface area contributed by atoms with Crippen molar-refractivity contribution in [2.75, 3.05) is 6.54 Å². The molecule has 0 saturated heterocycles. The second-order valence-electron chi connectivity index (χ2n) is 5.36. The molecule has 0 unspecified atom stereocenters. The maximum Gasteiger partial charge on any atom is 0.269 e. The number of nitrogens with one attached hydrogen (secondary N) is 2. The highest BCUT2D eigenvalue weighted by molar-refractivity contribution is 7.71. The Kier molecular flexibility index (Phi) is 4.29. The van der Waals surface area contributed by atoms with E-state index in [-0.39, 0.29) is 11.2 Å². The fourth-order valence-electron chi connectivity index (χ4n) is 2.68. The zero-order valence-corrected chi connectivity index (χ0v) is 13.5. The molecule has 0 saturated carbocycles. The third-order valence-corrected chi connectivity index (χ3v) is 4.40. The lowest BCUT2D eigenvalue weighted by atomic mass is 10.1. The Balaban J connectivity index is 1.85. The molecule has 2 N–H and O–H groups in total. The van der Waals surface area contributed by atoms with E-state index in [1.807, 2.05) is 4.90 Å². The van der Waals surface area contributed by atoms with Crippen molar-refractivity contribution >= 4 is 29.5 Å². The van der Waals surface area contributed by atoms with E-state index in [1.165, 1.54) is 18.2 Å². The summed E-state index contributed by atoms with van der Waals surface area (Å²) in [4.78, 5) is 30.1. The molecule has 3 rings (SSSR count). The van der Waals surface area contributed by atoms with E-state index in [2.05, 4.69) is 9.97 Å². The maximum atomic E-state index is 12.0. The van der Waals surface area contributed by atoms with Crippen LogP contribution in [0.25, 0.3) is 0 Å². The van der Waals surface area contributed by atoms with Crippen molar-refractivity contribution in [3.05, 3.63) is 65.3 Å². The summed E-state index contributed by atoms with van der Waals surface area (Å²) in [6, 6.07) is 4.37. The van der Waals surface area contributed by atoms with Crippen molar-refractivity contribution in [1.82, 2.24) is 14.9 Å². The predicted molar refractivity (Wildman–Crippen MR) is 88.2 cm³/mol. The van der Waals surface area contributed by atoms with Crippen LogP contribution in [0.15, 0.2) is 23.0 Å². The standard InChI is InChI=1S/C14H13ClN4O3S/c15-11-2-1-9(19(21)22)5-8(11)6-18-4-3-12-10(7-18)13(20)17-14(23)16-12/h1-2,5H,3-4,6-7H2,(H2,16,17,20,23). The molecule has 0 spiro atoms. The molecule has 1 aromatic carbocycles. The van der Waals surface area contributed by atoms with Crippen LogP contribution in [0.3, 0.4) is 0 Å². The van der Waals surface area contributed by atoms with Crippen molar-refractivity contribution in [1.29, 1.82) is 0 Å². The zero-order valence-electron chi connectivity index (χ0n) is 12.0. The third kappa shape index (κ3) is 3.34. The average molecular weight is 353 g/mol. The summed E-state index contributed by atoms with van der Waals surface area (Å²) in [7, 11) is 0. The highest BCUT2D eigenvalue weighted by atomic mass is 35.5. The smallest absolute Gasteiger partial charge is 0.269 e. The van der Waals surface area contributed by atoms with E-state index in [1.54, 1.807) is 0 Å². The normalized spacial score (nSPS) is 14.5. The Bertz CT molecular complexity index is 892. The number of aromatic amines is 2. The second kappa shape index (κ2) is 6.23. The molecule has 0 bridgehead atoms. The fourth-order valence-corrected chi connectivity index (χ4v) is 3.08. The van der Waals surface area contributed by atoms with Gasteiger partial charge in [-0.05, 0) is 23.8 Å². The minimum atomic E-state index is -0.448. The highest BCUT2D eigenvalue weighted by Gasteiger charge is 2.21. The summed E-state index contributed by atoms with van der Waals surface area (Å²) >= 11 is 11.1. The van der Waals surface area contributed by atoms with Crippen LogP contribution in [0.1, 0.15) is 16.8 Å². The summed E-state index contributed by atoms with van der Waals surface area (Å²) in [6.07, 6.45) is 0.662. The molecule has 1 aliphatic heterocycles. The van der Waals surface area contributed by atoms with Gasteiger partial charge < -0.3 is 4.98 Å². The van der Waals surface area contributed by atoms with Crippen molar-refractivity contribution in [2.45, 2.75) is 19.5 Å². The number of H-pyrrole nitrogens is 2. The lowest BCUT2D eigenvalue weighted by Crippen LogP contribution is -2.35. The zero-order chi connectivity index (χ0) is 16.6. The highest BCUT2D eigenvalue weighted by Crippen LogP contribution is 2.25. The Morgan fingerprint density at radius 1 is 1.39 bits per heavy atom. The van der Waals surface area contributed by atoms with Gasteiger partial charge in [0.25, 0.3) is 11.2 Å². The van der Waals surface area contributed by atoms with E-state index in [0.29, 0.717) is 47.0 Å². The van der Waals surface area contributed by atoms with E-state index in [9.17, 15) is 14.9 Å². The molecule has 0 atom stereocenters. The average Bonchev–Trinajstić information content (AvgIpc) is 2.49. The lowest BCUT2D eigenvalue weighted by Gasteiger charge is -2.28. The Hall–Kier alpha value is -2.03. The van der Waals surface area contributed by atoms with Crippen LogP contribution in [0.2, 0.25) is 5.02 Å². The Morgan fingerprint density at radius 2 is 2.17 bits per heavy atom. The van der Waals surface area contributed by atoms with Gasteiger partial charge in [0.2, 0.25) is 0 Å². The Labute approximate surface area is 141 Å². The van der Waals surface area contributed by atoms with Gasteiger partial charge in [0.05, 0.1) is 10.5 Å². The van der Waals surface area contributed by atoms with E-state index >= 15 is 0 Å². The van der Waals surface area contributed by atoms with Gasteiger partial charge in [-0.15, -0.1) is 0 Å². The van der Waals surface area contributed by atoms with Gasteiger partial charge in [-0.3, -0.25) is 24.8 Å². The molecule has 0 aliphatic carbocycles. The third-order valence-electron chi connectivity index (χ3n) is 3.82. The molecule has 1 aromatic heterocycles. The minimum absolute atomic E-state index is 0.00346. The minimum Gasteiger partial charge on any atom is -0.335 e. The predicted octanol–water partition coefficient (Wildman–Crippen LogP) is 2.55. The monoisotopic (exact) mass is 352 g/mol. The van der Waals surface area contributed by atoms with Crippen molar-refractivity contribution < 1.29 is 4.92 Å². The summed E-state index contributed by atoms with van der Waals surface area (Å²) in [6.45, 7) is 1.59. The number of nitro groups is 1.